The Bertz CT molecular complexity index is 444. The van der Waals surface area contributed by atoms with E-state index in [0.717, 1.165) is 18.7 Å². The summed E-state index contributed by atoms with van der Waals surface area (Å²) in [7, 11) is 0. The summed E-state index contributed by atoms with van der Waals surface area (Å²) in [6, 6.07) is 4.20. The summed E-state index contributed by atoms with van der Waals surface area (Å²) in [5.41, 5.74) is 7.15. The van der Waals surface area contributed by atoms with Crippen LogP contribution in [0.25, 0.3) is 0 Å². The van der Waals surface area contributed by atoms with Crippen molar-refractivity contribution in [1.82, 2.24) is 9.88 Å². The Hall–Kier alpha value is -1.62. The highest BCUT2D eigenvalue weighted by atomic mass is 16.2. The molecule has 118 valence electrons. The van der Waals surface area contributed by atoms with E-state index >= 15 is 0 Å². The lowest BCUT2D eigenvalue weighted by Crippen LogP contribution is -2.34. The zero-order chi connectivity index (χ0) is 15.8. The molecule has 1 rings (SSSR count). The van der Waals surface area contributed by atoms with Crippen LogP contribution < -0.4 is 10.6 Å². The largest absolute Gasteiger partial charge is 0.369 e. The third-order valence-electron chi connectivity index (χ3n) is 3.57. The Balaban J connectivity index is 2.99. The molecule has 0 bridgehead atoms. The maximum atomic E-state index is 12.4. The van der Waals surface area contributed by atoms with Crippen LogP contribution in [-0.4, -0.2) is 48.0 Å². The van der Waals surface area contributed by atoms with E-state index in [2.05, 4.69) is 23.7 Å². The molecule has 0 aliphatic carbocycles. The van der Waals surface area contributed by atoms with E-state index in [-0.39, 0.29) is 5.91 Å². The van der Waals surface area contributed by atoms with Gasteiger partial charge in [-0.3, -0.25) is 9.78 Å². The number of nitrogens with zero attached hydrogens (tertiary/aromatic N) is 3. The van der Waals surface area contributed by atoms with Crippen LogP contribution in [-0.2, 0) is 0 Å². The first-order valence-corrected chi connectivity index (χ1v) is 7.77. The SMILES string of the molecule is CCN(CC)C(=O)c1cc(N(CCCN)C(C)C)ccn1. The van der Waals surface area contributed by atoms with Gasteiger partial charge < -0.3 is 15.5 Å². The second-order valence-corrected chi connectivity index (χ2v) is 5.31. The zero-order valence-electron chi connectivity index (χ0n) is 13.7. The highest BCUT2D eigenvalue weighted by molar-refractivity contribution is 5.93. The summed E-state index contributed by atoms with van der Waals surface area (Å²) in [5, 5.41) is 0. The predicted octanol–water partition coefficient (Wildman–Crippen LogP) is 2.13. The summed E-state index contributed by atoms with van der Waals surface area (Å²) >= 11 is 0. The number of rotatable bonds is 8. The van der Waals surface area contributed by atoms with Gasteiger partial charge in [-0.2, -0.15) is 0 Å². The van der Waals surface area contributed by atoms with Crippen molar-refractivity contribution < 1.29 is 4.79 Å². The van der Waals surface area contributed by atoms with Crippen molar-refractivity contribution in [1.29, 1.82) is 0 Å². The van der Waals surface area contributed by atoms with Crippen molar-refractivity contribution in [2.24, 2.45) is 5.73 Å². The predicted molar refractivity (Wildman–Crippen MR) is 87.6 cm³/mol. The summed E-state index contributed by atoms with van der Waals surface area (Å²) in [6.45, 7) is 11.2. The summed E-state index contributed by atoms with van der Waals surface area (Å²) in [5.74, 6) is -0.00983. The molecule has 0 aliphatic rings. The number of carbonyl (C=O) groups excluding carboxylic acids is 1. The van der Waals surface area contributed by atoms with E-state index in [1.54, 1.807) is 11.1 Å². The fourth-order valence-corrected chi connectivity index (χ4v) is 2.33. The number of anilines is 1. The molecule has 0 radical (unpaired) electrons. The summed E-state index contributed by atoms with van der Waals surface area (Å²) in [4.78, 5) is 20.7. The standard InChI is InChI=1S/C16H28N4O/c1-5-19(6-2)16(21)15-12-14(8-10-18-15)20(13(3)4)11-7-9-17/h8,10,12-13H,5-7,9,11,17H2,1-4H3. The second kappa shape index (κ2) is 8.62. The van der Waals surface area contributed by atoms with E-state index in [4.69, 9.17) is 5.73 Å². The minimum Gasteiger partial charge on any atom is -0.369 e. The van der Waals surface area contributed by atoms with Gasteiger partial charge in [-0.15, -0.1) is 0 Å². The number of hydrogen-bond donors (Lipinski definition) is 1. The van der Waals surface area contributed by atoms with E-state index in [0.29, 0.717) is 31.4 Å². The minimum absolute atomic E-state index is 0.00983. The summed E-state index contributed by atoms with van der Waals surface area (Å²) < 4.78 is 0. The smallest absolute Gasteiger partial charge is 0.272 e. The van der Waals surface area contributed by atoms with E-state index in [1.165, 1.54) is 0 Å². The van der Waals surface area contributed by atoms with Gasteiger partial charge in [0.25, 0.3) is 5.91 Å². The molecule has 0 saturated heterocycles. The lowest BCUT2D eigenvalue weighted by atomic mass is 10.2. The Morgan fingerprint density at radius 3 is 2.52 bits per heavy atom. The number of amides is 1. The van der Waals surface area contributed by atoms with Gasteiger partial charge in [0.2, 0.25) is 0 Å². The molecule has 0 fully saturated rings. The van der Waals surface area contributed by atoms with E-state index in [9.17, 15) is 4.79 Å². The first-order chi connectivity index (χ1) is 10.0. The van der Waals surface area contributed by atoms with Crippen molar-refractivity contribution in [3.8, 4) is 0 Å². The van der Waals surface area contributed by atoms with Crippen molar-refractivity contribution in [3.63, 3.8) is 0 Å². The maximum Gasteiger partial charge on any atom is 0.272 e. The minimum atomic E-state index is -0.00983. The molecule has 0 aliphatic heterocycles. The molecule has 21 heavy (non-hydrogen) atoms. The van der Waals surface area contributed by atoms with Gasteiger partial charge in [-0.25, -0.2) is 0 Å². The maximum absolute atomic E-state index is 12.4. The number of hydrogen-bond acceptors (Lipinski definition) is 4. The monoisotopic (exact) mass is 292 g/mol. The third kappa shape index (κ3) is 4.70. The highest BCUT2D eigenvalue weighted by Crippen LogP contribution is 2.18. The Morgan fingerprint density at radius 2 is 2.00 bits per heavy atom. The molecule has 5 heteroatoms. The summed E-state index contributed by atoms with van der Waals surface area (Å²) in [6.07, 6.45) is 2.64. The van der Waals surface area contributed by atoms with Gasteiger partial charge in [0.1, 0.15) is 5.69 Å². The molecule has 0 saturated carbocycles. The van der Waals surface area contributed by atoms with Crippen LogP contribution in [0.4, 0.5) is 5.69 Å². The average Bonchev–Trinajstić information content (AvgIpc) is 2.48. The topological polar surface area (TPSA) is 62.5 Å². The van der Waals surface area contributed by atoms with Crippen molar-refractivity contribution in [2.45, 2.75) is 40.2 Å². The molecule has 0 atom stereocenters. The normalized spacial score (nSPS) is 10.8. The first kappa shape index (κ1) is 17.4. The third-order valence-corrected chi connectivity index (χ3v) is 3.57. The Labute approximate surface area is 128 Å². The van der Waals surface area contributed by atoms with Crippen LogP contribution in [0.1, 0.15) is 44.6 Å². The van der Waals surface area contributed by atoms with Gasteiger partial charge in [0.15, 0.2) is 0 Å². The number of nitrogens with two attached hydrogens (primary N) is 1. The fraction of sp³-hybridized carbons (Fsp3) is 0.625. The average molecular weight is 292 g/mol. The quantitative estimate of drug-likeness (QED) is 0.797. The van der Waals surface area contributed by atoms with E-state index in [1.807, 2.05) is 26.0 Å². The van der Waals surface area contributed by atoms with Crippen LogP contribution >= 0.6 is 0 Å². The van der Waals surface area contributed by atoms with E-state index < -0.39 is 0 Å². The molecule has 1 aromatic rings. The molecule has 5 nitrogen and oxygen atoms in total. The number of aromatic nitrogens is 1. The highest BCUT2D eigenvalue weighted by Gasteiger charge is 2.17. The zero-order valence-corrected chi connectivity index (χ0v) is 13.7. The van der Waals surface area contributed by atoms with Gasteiger partial charge in [0.05, 0.1) is 0 Å². The van der Waals surface area contributed by atoms with Crippen molar-refractivity contribution in [2.75, 3.05) is 31.1 Å². The lowest BCUT2D eigenvalue weighted by Gasteiger charge is -2.29. The number of pyridine rings is 1. The van der Waals surface area contributed by atoms with Crippen LogP contribution in [0, 0.1) is 0 Å². The van der Waals surface area contributed by atoms with Gasteiger partial charge in [-0.1, -0.05) is 0 Å². The molecule has 0 unspecified atom stereocenters. The van der Waals surface area contributed by atoms with Gasteiger partial charge in [-0.05, 0) is 52.8 Å². The second-order valence-electron chi connectivity index (χ2n) is 5.31. The molecule has 1 heterocycles. The van der Waals surface area contributed by atoms with Gasteiger partial charge in [0, 0.05) is 37.6 Å². The molecule has 0 aromatic carbocycles. The van der Waals surface area contributed by atoms with Crippen LogP contribution in [0.3, 0.4) is 0 Å². The molecule has 0 spiro atoms. The molecule has 1 aromatic heterocycles. The Kier molecular flexibility index (Phi) is 7.15. The Morgan fingerprint density at radius 1 is 1.33 bits per heavy atom. The van der Waals surface area contributed by atoms with Crippen LogP contribution in [0.5, 0.6) is 0 Å². The number of carbonyl (C=O) groups is 1. The molecular weight excluding hydrogens is 264 g/mol. The van der Waals surface area contributed by atoms with Crippen LogP contribution in [0.15, 0.2) is 18.3 Å². The molecular formula is C16H28N4O. The van der Waals surface area contributed by atoms with Crippen molar-refractivity contribution in [3.05, 3.63) is 24.0 Å². The van der Waals surface area contributed by atoms with Crippen LogP contribution in [0.2, 0.25) is 0 Å². The first-order valence-electron chi connectivity index (χ1n) is 7.77. The van der Waals surface area contributed by atoms with Crippen molar-refractivity contribution >= 4 is 11.6 Å². The molecule has 1 amide bonds. The molecule has 2 N–H and O–H groups in total. The fourth-order valence-electron chi connectivity index (χ4n) is 2.33. The lowest BCUT2D eigenvalue weighted by molar-refractivity contribution is 0.0767. The van der Waals surface area contributed by atoms with Gasteiger partial charge >= 0.3 is 0 Å².